The second kappa shape index (κ2) is 14.5. The van der Waals surface area contributed by atoms with E-state index in [2.05, 4.69) is 20.6 Å². The summed E-state index contributed by atoms with van der Waals surface area (Å²) in [5.41, 5.74) is 1.01. The predicted molar refractivity (Wildman–Crippen MR) is 133 cm³/mol. The fourth-order valence-electron chi connectivity index (χ4n) is 2.19. The second-order valence-electron chi connectivity index (χ2n) is 6.18. The Hall–Kier alpha value is -1.52. The van der Waals surface area contributed by atoms with Gasteiger partial charge in [0.05, 0.1) is 0 Å². The highest BCUT2D eigenvalue weighted by molar-refractivity contribution is 14.0. The van der Waals surface area contributed by atoms with Gasteiger partial charge in [0.2, 0.25) is 5.91 Å². The Balaban J connectivity index is 0.00000420. The molecule has 2 aromatic rings. The van der Waals surface area contributed by atoms with Gasteiger partial charge in [-0.2, -0.15) is 0 Å². The highest BCUT2D eigenvalue weighted by Crippen LogP contribution is 2.19. The number of hydrogen-bond donors (Lipinski definition) is 2. The van der Waals surface area contributed by atoms with Crippen molar-refractivity contribution in [3.8, 4) is 0 Å². The second-order valence-corrected chi connectivity index (χ2v) is 7.78. The maximum absolute atomic E-state index is 11.8. The van der Waals surface area contributed by atoms with Crippen LogP contribution in [0.3, 0.4) is 0 Å². The number of carbonyl (C=O) groups excluding carboxylic acids is 1. The number of guanidine groups is 1. The standard InChI is InChI=1S/C20H26ClN5OS.HI/c1-26(2)19(27)15-25-20(23-12-10-17-5-3-4-11-22-17)24-13-14-28-18-8-6-16(21)7-9-18;/h3-9,11H,10,12-15H2,1-2H3,(H2,23,24,25);1H. The quantitative estimate of drug-likeness (QED) is 0.166. The Bertz CT molecular complexity index is 759. The van der Waals surface area contributed by atoms with Crippen LogP contribution < -0.4 is 10.6 Å². The first-order chi connectivity index (χ1) is 13.5. The van der Waals surface area contributed by atoms with Crippen LogP contribution in [0.4, 0.5) is 0 Å². The normalized spacial score (nSPS) is 10.8. The van der Waals surface area contributed by atoms with E-state index in [1.807, 2.05) is 42.5 Å². The number of rotatable bonds is 9. The van der Waals surface area contributed by atoms with E-state index >= 15 is 0 Å². The van der Waals surface area contributed by atoms with Gasteiger partial charge in [0, 0.05) is 61.2 Å². The average molecular weight is 548 g/mol. The molecule has 0 unspecified atom stereocenters. The Kier molecular flexibility index (Phi) is 12.7. The van der Waals surface area contributed by atoms with Crippen LogP contribution in [-0.4, -0.2) is 61.2 Å². The van der Waals surface area contributed by atoms with E-state index in [0.29, 0.717) is 12.5 Å². The van der Waals surface area contributed by atoms with Crippen molar-refractivity contribution in [1.82, 2.24) is 20.5 Å². The number of pyridine rings is 1. The smallest absolute Gasteiger partial charge is 0.243 e. The molecule has 158 valence electrons. The molecule has 29 heavy (non-hydrogen) atoms. The molecule has 0 saturated heterocycles. The van der Waals surface area contributed by atoms with Crippen molar-refractivity contribution in [3.63, 3.8) is 0 Å². The minimum atomic E-state index is -0.0404. The molecule has 9 heteroatoms. The molecule has 1 amide bonds. The lowest BCUT2D eigenvalue weighted by Crippen LogP contribution is -2.40. The summed E-state index contributed by atoms with van der Waals surface area (Å²) >= 11 is 7.64. The summed E-state index contributed by atoms with van der Waals surface area (Å²) in [5.74, 6) is 1.45. The summed E-state index contributed by atoms with van der Waals surface area (Å²) in [6, 6.07) is 13.6. The number of benzene rings is 1. The van der Waals surface area contributed by atoms with Gasteiger partial charge in [-0.05, 0) is 36.4 Å². The van der Waals surface area contributed by atoms with Crippen molar-refractivity contribution in [2.75, 3.05) is 39.5 Å². The zero-order valence-corrected chi connectivity index (χ0v) is 20.5. The third-order valence-electron chi connectivity index (χ3n) is 3.75. The van der Waals surface area contributed by atoms with E-state index < -0.39 is 0 Å². The molecular formula is C20H27ClIN5OS. The van der Waals surface area contributed by atoms with Gasteiger partial charge >= 0.3 is 0 Å². The number of likely N-dealkylation sites (N-methyl/N-ethyl adjacent to an activating group) is 1. The van der Waals surface area contributed by atoms with E-state index in [9.17, 15) is 4.79 Å². The van der Waals surface area contributed by atoms with Gasteiger partial charge in [0.25, 0.3) is 0 Å². The molecule has 0 atom stereocenters. The molecule has 6 nitrogen and oxygen atoms in total. The van der Waals surface area contributed by atoms with Gasteiger partial charge in [-0.15, -0.1) is 35.7 Å². The molecule has 1 aromatic carbocycles. The van der Waals surface area contributed by atoms with Crippen LogP contribution in [-0.2, 0) is 11.2 Å². The Morgan fingerprint density at radius 1 is 1.14 bits per heavy atom. The lowest BCUT2D eigenvalue weighted by Gasteiger charge is -2.13. The molecule has 1 heterocycles. The molecule has 0 aliphatic rings. The number of aliphatic imine (C=N–C) groups is 1. The minimum Gasteiger partial charge on any atom is -0.356 e. The van der Waals surface area contributed by atoms with E-state index in [4.69, 9.17) is 11.6 Å². The maximum Gasteiger partial charge on any atom is 0.243 e. The lowest BCUT2D eigenvalue weighted by molar-refractivity contribution is -0.127. The SMILES string of the molecule is CN(C)C(=O)CN=C(NCCSc1ccc(Cl)cc1)NCCc1ccccn1.I. The first kappa shape index (κ1) is 25.5. The van der Waals surface area contributed by atoms with Crippen LogP contribution in [0.15, 0.2) is 58.5 Å². The van der Waals surface area contributed by atoms with Crippen LogP contribution in [0, 0.1) is 0 Å². The average Bonchev–Trinajstić information content (AvgIpc) is 2.70. The summed E-state index contributed by atoms with van der Waals surface area (Å²) in [5, 5.41) is 7.29. The van der Waals surface area contributed by atoms with E-state index in [1.165, 1.54) is 4.90 Å². The number of nitrogens with one attached hydrogen (secondary N) is 2. The summed E-state index contributed by atoms with van der Waals surface area (Å²) in [6.45, 7) is 1.51. The molecule has 1 aromatic heterocycles. The first-order valence-electron chi connectivity index (χ1n) is 9.05. The molecule has 0 aliphatic carbocycles. The predicted octanol–water partition coefficient (Wildman–Crippen LogP) is 3.31. The highest BCUT2D eigenvalue weighted by Gasteiger charge is 2.05. The van der Waals surface area contributed by atoms with Crippen molar-refractivity contribution in [2.24, 2.45) is 4.99 Å². The molecule has 0 spiro atoms. The molecule has 0 fully saturated rings. The van der Waals surface area contributed by atoms with Gasteiger partial charge in [0.15, 0.2) is 5.96 Å². The van der Waals surface area contributed by atoms with E-state index in [1.54, 1.807) is 32.1 Å². The van der Waals surface area contributed by atoms with Gasteiger partial charge in [0.1, 0.15) is 6.54 Å². The number of hydrogen-bond acceptors (Lipinski definition) is 4. The fourth-order valence-corrected chi connectivity index (χ4v) is 3.08. The molecular weight excluding hydrogens is 521 g/mol. The van der Waals surface area contributed by atoms with Crippen LogP contribution in [0.25, 0.3) is 0 Å². The number of carbonyl (C=O) groups is 1. The number of thioether (sulfide) groups is 1. The summed E-state index contributed by atoms with van der Waals surface area (Å²) in [6.07, 6.45) is 2.56. The zero-order chi connectivity index (χ0) is 20.2. The van der Waals surface area contributed by atoms with E-state index in [0.717, 1.165) is 34.3 Å². The van der Waals surface area contributed by atoms with Crippen LogP contribution in [0.1, 0.15) is 5.69 Å². The third-order valence-corrected chi connectivity index (χ3v) is 5.01. The van der Waals surface area contributed by atoms with Gasteiger partial charge < -0.3 is 15.5 Å². The molecule has 2 rings (SSSR count). The maximum atomic E-state index is 11.8. The lowest BCUT2D eigenvalue weighted by atomic mass is 10.3. The zero-order valence-electron chi connectivity index (χ0n) is 16.6. The molecule has 0 radical (unpaired) electrons. The number of halogens is 2. The minimum absolute atomic E-state index is 0. The Morgan fingerprint density at radius 3 is 2.52 bits per heavy atom. The monoisotopic (exact) mass is 547 g/mol. The largest absolute Gasteiger partial charge is 0.356 e. The van der Waals surface area contributed by atoms with Gasteiger partial charge in [-0.1, -0.05) is 17.7 Å². The van der Waals surface area contributed by atoms with Gasteiger partial charge in [-0.3, -0.25) is 9.78 Å². The summed E-state index contributed by atoms with van der Waals surface area (Å²) < 4.78 is 0. The number of aromatic nitrogens is 1. The van der Waals surface area contributed by atoms with Crippen LogP contribution in [0.2, 0.25) is 5.02 Å². The van der Waals surface area contributed by atoms with Gasteiger partial charge in [-0.25, -0.2) is 4.99 Å². The molecule has 0 saturated carbocycles. The first-order valence-corrected chi connectivity index (χ1v) is 10.4. The summed E-state index contributed by atoms with van der Waals surface area (Å²) in [7, 11) is 3.45. The van der Waals surface area contributed by atoms with Crippen molar-refractivity contribution in [3.05, 3.63) is 59.4 Å². The highest BCUT2D eigenvalue weighted by atomic mass is 127. The van der Waals surface area contributed by atoms with Crippen LogP contribution in [0.5, 0.6) is 0 Å². The molecule has 0 bridgehead atoms. The molecule has 2 N–H and O–H groups in total. The van der Waals surface area contributed by atoms with Crippen LogP contribution >= 0.6 is 47.3 Å². The summed E-state index contributed by atoms with van der Waals surface area (Å²) in [4.78, 5) is 23.2. The van der Waals surface area contributed by atoms with Crippen molar-refractivity contribution in [1.29, 1.82) is 0 Å². The number of amides is 1. The fraction of sp³-hybridized carbons (Fsp3) is 0.350. The molecule has 0 aliphatic heterocycles. The third kappa shape index (κ3) is 10.7. The Morgan fingerprint density at radius 2 is 1.86 bits per heavy atom. The van der Waals surface area contributed by atoms with Crippen molar-refractivity contribution >= 4 is 59.2 Å². The topological polar surface area (TPSA) is 69.6 Å². The van der Waals surface area contributed by atoms with Crippen molar-refractivity contribution < 1.29 is 4.79 Å². The van der Waals surface area contributed by atoms with Crippen molar-refractivity contribution in [2.45, 2.75) is 11.3 Å². The van der Waals surface area contributed by atoms with E-state index in [-0.39, 0.29) is 36.4 Å². The number of nitrogens with zero attached hydrogens (tertiary/aromatic N) is 3. The Labute approximate surface area is 198 Å².